The third-order valence-electron chi connectivity index (χ3n) is 4.56. The maximum atomic E-state index is 12.1. The molecule has 2 fully saturated rings. The van der Waals surface area contributed by atoms with Crippen molar-refractivity contribution < 1.29 is 19.4 Å². The summed E-state index contributed by atoms with van der Waals surface area (Å²) in [5.74, 6) is -0.800. The highest BCUT2D eigenvalue weighted by Gasteiger charge is 2.53. The molecule has 0 aromatic heterocycles. The first kappa shape index (κ1) is 17.1. The van der Waals surface area contributed by atoms with Crippen LogP contribution in [0.1, 0.15) is 53.4 Å². The number of rotatable bonds is 4. The number of hydrogen-bond donors (Lipinski definition) is 1. The summed E-state index contributed by atoms with van der Waals surface area (Å²) in [5, 5.41) is 9.28. The van der Waals surface area contributed by atoms with Gasteiger partial charge in [-0.3, -0.25) is 9.69 Å². The second kappa shape index (κ2) is 6.07. The van der Waals surface area contributed by atoms with Gasteiger partial charge < -0.3 is 14.7 Å². The van der Waals surface area contributed by atoms with Crippen LogP contribution in [-0.2, 0) is 9.53 Å². The van der Waals surface area contributed by atoms with Crippen molar-refractivity contribution in [2.24, 2.45) is 0 Å². The molecule has 6 heteroatoms. The van der Waals surface area contributed by atoms with Crippen LogP contribution in [0.3, 0.4) is 0 Å². The van der Waals surface area contributed by atoms with E-state index in [1.165, 1.54) is 0 Å². The molecule has 0 saturated carbocycles. The van der Waals surface area contributed by atoms with Gasteiger partial charge in [-0.05, 0) is 46.6 Å². The van der Waals surface area contributed by atoms with Crippen molar-refractivity contribution in [3.05, 3.63) is 0 Å². The number of nitrogens with zero attached hydrogens (tertiary/aromatic N) is 2. The highest BCUT2D eigenvalue weighted by molar-refractivity contribution is 5.73. The zero-order valence-corrected chi connectivity index (χ0v) is 14.1. The molecule has 0 aromatic rings. The van der Waals surface area contributed by atoms with Crippen molar-refractivity contribution in [1.82, 2.24) is 9.80 Å². The van der Waals surface area contributed by atoms with Gasteiger partial charge in [-0.15, -0.1) is 0 Å². The maximum Gasteiger partial charge on any atom is 0.410 e. The quantitative estimate of drug-likeness (QED) is 0.862. The molecule has 1 unspecified atom stereocenters. The first-order valence-electron chi connectivity index (χ1n) is 8.13. The number of aliphatic carboxylic acids is 1. The van der Waals surface area contributed by atoms with E-state index in [9.17, 15) is 14.7 Å². The lowest BCUT2D eigenvalue weighted by atomic mass is 9.83. The van der Waals surface area contributed by atoms with Crippen LogP contribution < -0.4 is 0 Å². The summed E-state index contributed by atoms with van der Waals surface area (Å²) in [5.41, 5.74) is -0.943. The predicted octanol–water partition coefficient (Wildman–Crippen LogP) is 2.33. The summed E-state index contributed by atoms with van der Waals surface area (Å²) in [4.78, 5) is 27.4. The van der Waals surface area contributed by atoms with Gasteiger partial charge in [0.1, 0.15) is 5.60 Å². The molecule has 2 aliphatic heterocycles. The van der Waals surface area contributed by atoms with Crippen molar-refractivity contribution in [2.45, 2.75) is 70.6 Å². The molecule has 126 valence electrons. The van der Waals surface area contributed by atoms with Gasteiger partial charge in [0, 0.05) is 19.1 Å². The lowest BCUT2D eigenvalue weighted by molar-refractivity contribution is -0.146. The Morgan fingerprint density at radius 1 is 1.32 bits per heavy atom. The number of carbonyl (C=O) groups is 2. The number of ether oxygens (including phenoxy) is 1. The molecule has 0 aliphatic carbocycles. The Morgan fingerprint density at radius 2 is 1.95 bits per heavy atom. The molecule has 2 heterocycles. The summed E-state index contributed by atoms with van der Waals surface area (Å²) >= 11 is 0. The maximum absolute atomic E-state index is 12.1. The van der Waals surface area contributed by atoms with Gasteiger partial charge >= 0.3 is 12.1 Å². The van der Waals surface area contributed by atoms with Gasteiger partial charge in [-0.25, -0.2) is 4.79 Å². The first-order chi connectivity index (χ1) is 10.2. The Morgan fingerprint density at radius 3 is 2.45 bits per heavy atom. The molecule has 22 heavy (non-hydrogen) atoms. The van der Waals surface area contributed by atoms with Gasteiger partial charge in [-0.1, -0.05) is 6.92 Å². The van der Waals surface area contributed by atoms with Crippen LogP contribution in [-0.4, -0.2) is 63.8 Å². The van der Waals surface area contributed by atoms with Gasteiger partial charge in [0.15, 0.2) is 0 Å². The van der Waals surface area contributed by atoms with Crippen LogP contribution in [0.25, 0.3) is 0 Å². The van der Waals surface area contributed by atoms with E-state index in [2.05, 4.69) is 11.8 Å². The highest BCUT2D eigenvalue weighted by atomic mass is 16.6. The predicted molar refractivity (Wildman–Crippen MR) is 82.8 cm³/mol. The van der Waals surface area contributed by atoms with E-state index in [0.717, 1.165) is 25.8 Å². The van der Waals surface area contributed by atoms with Gasteiger partial charge in [0.05, 0.1) is 12.0 Å². The molecule has 1 N–H and O–H groups in total. The van der Waals surface area contributed by atoms with E-state index in [-0.39, 0.29) is 12.5 Å². The van der Waals surface area contributed by atoms with Crippen molar-refractivity contribution in [2.75, 3.05) is 19.6 Å². The fraction of sp³-hybridized carbons (Fsp3) is 0.875. The van der Waals surface area contributed by atoms with E-state index in [1.54, 1.807) is 4.90 Å². The minimum absolute atomic E-state index is 0.0861. The topological polar surface area (TPSA) is 70.1 Å². The van der Waals surface area contributed by atoms with Crippen LogP contribution in [0.15, 0.2) is 0 Å². The Labute approximate surface area is 132 Å². The number of hydrogen-bond acceptors (Lipinski definition) is 4. The van der Waals surface area contributed by atoms with Crippen LogP contribution in [0.5, 0.6) is 0 Å². The molecular weight excluding hydrogens is 284 g/mol. The molecule has 1 atom stereocenters. The molecule has 6 nitrogen and oxygen atoms in total. The summed E-state index contributed by atoms with van der Waals surface area (Å²) in [6, 6.07) is 0.431. The van der Waals surface area contributed by atoms with Crippen molar-refractivity contribution in [3.63, 3.8) is 0 Å². The average molecular weight is 312 g/mol. The van der Waals surface area contributed by atoms with Crippen LogP contribution >= 0.6 is 0 Å². The molecule has 2 saturated heterocycles. The number of carboxylic acids is 1. The molecule has 0 aromatic carbocycles. The molecule has 0 radical (unpaired) electrons. The van der Waals surface area contributed by atoms with Crippen molar-refractivity contribution in [1.29, 1.82) is 0 Å². The van der Waals surface area contributed by atoms with E-state index < -0.39 is 17.1 Å². The average Bonchev–Trinajstić information content (AvgIpc) is 2.78. The second-order valence-electron chi connectivity index (χ2n) is 7.53. The van der Waals surface area contributed by atoms with E-state index >= 15 is 0 Å². The smallest absolute Gasteiger partial charge is 0.410 e. The zero-order valence-electron chi connectivity index (χ0n) is 14.1. The standard InChI is InChI=1S/C16H28N2O4/c1-5-12-7-6-8-18(12)16(9-13(19)20)10-17(11-16)14(21)22-15(2,3)4/h12H,5-11H2,1-4H3,(H,19,20). The number of carbonyl (C=O) groups excluding carboxylic acids is 1. The fourth-order valence-corrected chi connectivity index (χ4v) is 3.68. The van der Waals surface area contributed by atoms with E-state index in [1.807, 2.05) is 20.8 Å². The Balaban J connectivity index is 2.05. The van der Waals surface area contributed by atoms with Crippen LogP contribution in [0.4, 0.5) is 4.79 Å². The number of carboxylic acid groups (broad SMARTS) is 1. The minimum Gasteiger partial charge on any atom is -0.481 e. The monoisotopic (exact) mass is 312 g/mol. The van der Waals surface area contributed by atoms with E-state index in [0.29, 0.717) is 19.1 Å². The largest absolute Gasteiger partial charge is 0.481 e. The Hall–Kier alpha value is -1.30. The van der Waals surface area contributed by atoms with Gasteiger partial charge in [0.2, 0.25) is 0 Å². The SMILES string of the molecule is CCC1CCCN1C1(CC(=O)O)CN(C(=O)OC(C)(C)C)C1. The van der Waals surface area contributed by atoms with Crippen molar-refractivity contribution in [3.8, 4) is 0 Å². The Bertz CT molecular complexity index is 438. The lowest BCUT2D eigenvalue weighted by Gasteiger charge is -2.55. The van der Waals surface area contributed by atoms with Crippen molar-refractivity contribution >= 4 is 12.1 Å². The lowest BCUT2D eigenvalue weighted by Crippen LogP contribution is -2.72. The number of amides is 1. The molecule has 0 bridgehead atoms. The van der Waals surface area contributed by atoms with E-state index in [4.69, 9.17) is 4.74 Å². The second-order valence-corrected chi connectivity index (χ2v) is 7.53. The third-order valence-corrected chi connectivity index (χ3v) is 4.56. The summed E-state index contributed by atoms with van der Waals surface area (Å²) < 4.78 is 5.38. The summed E-state index contributed by atoms with van der Waals surface area (Å²) in [6.45, 7) is 9.47. The molecule has 2 aliphatic rings. The van der Waals surface area contributed by atoms with Gasteiger partial charge in [-0.2, -0.15) is 0 Å². The summed E-state index contributed by atoms with van der Waals surface area (Å²) in [7, 11) is 0. The first-order valence-corrected chi connectivity index (χ1v) is 8.13. The Kier molecular flexibility index (Phi) is 4.70. The minimum atomic E-state index is -0.800. The summed E-state index contributed by atoms with van der Waals surface area (Å²) in [6.07, 6.45) is 2.98. The molecule has 0 spiro atoms. The molecular formula is C16H28N2O4. The van der Waals surface area contributed by atoms with Crippen LogP contribution in [0, 0.1) is 0 Å². The van der Waals surface area contributed by atoms with Crippen LogP contribution in [0.2, 0.25) is 0 Å². The fourth-order valence-electron chi connectivity index (χ4n) is 3.68. The zero-order chi connectivity index (χ0) is 16.5. The molecule has 2 rings (SSSR count). The number of likely N-dealkylation sites (tertiary alicyclic amines) is 2. The molecule has 1 amide bonds. The third kappa shape index (κ3) is 3.54. The normalized spacial score (nSPS) is 24.9. The van der Waals surface area contributed by atoms with Gasteiger partial charge in [0.25, 0.3) is 0 Å². The highest BCUT2D eigenvalue weighted by Crippen LogP contribution is 2.38.